The fourth-order valence-electron chi connectivity index (χ4n) is 9.97. The minimum Gasteiger partial charge on any atom is -0.456 e. The lowest BCUT2D eigenvalue weighted by Crippen LogP contribution is -2.07. The van der Waals surface area contributed by atoms with E-state index in [4.69, 9.17) is 19.4 Å². The number of aromatic nitrogens is 4. The Morgan fingerprint density at radius 3 is 1.83 bits per heavy atom. The Bertz CT molecular complexity index is 4230. The number of furan rings is 1. The molecule has 292 valence electrons. The van der Waals surface area contributed by atoms with Crippen molar-refractivity contribution in [3.63, 3.8) is 0 Å². The number of benzene rings is 10. The predicted molar refractivity (Wildman–Crippen MR) is 263 cm³/mol. The van der Waals surface area contributed by atoms with Gasteiger partial charge in [-0.3, -0.25) is 4.57 Å². The molecule has 0 spiro atoms. The molecule has 0 fully saturated rings. The number of hydrogen-bond donors (Lipinski definition) is 0. The van der Waals surface area contributed by atoms with E-state index < -0.39 is 0 Å². The Morgan fingerprint density at radius 2 is 0.968 bits per heavy atom. The van der Waals surface area contributed by atoms with Crippen molar-refractivity contribution in [1.29, 1.82) is 0 Å². The van der Waals surface area contributed by atoms with Crippen molar-refractivity contribution in [2.75, 3.05) is 0 Å². The summed E-state index contributed by atoms with van der Waals surface area (Å²) < 4.78 is 11.3. The van der Waals surface area contributed by atoms with Crippen LogP contribution in [0, 0.1) is 0 Å². The molecule has 0 aliphatic rings. The summed E-state index contributed by atoms with van der Waals surface area (Å²) in [4.78, 5) is 16.3. The van der Waals surface area contributed by atoms with Gasteiger partial charge in [-0.05, 0) is 68.9 Å². The van der Waals surface area contributed by atoms with Crippen LogP contribution in [0.15, 0.2) is 199 Å². The van der Waals surface area contributed by atoms with Gasteiger partial charge in [0.15, 0.2) is 11.6 Å². The predicted octanol–water partition coefficient (Wildman–Crippen LogP) is 15.7. The summed E-state index contributed by atoms with van der Waals surface area (Å²) in [5.41, 5.74) is 7.74. The van der Waals surface area contributed by atoms with Crippen molar-refractivity contribution in [3.05, 3.63) is 194 Å². The molecule has 0 unspecified atom stereocenters. The van der Waals surface area contributed by atoms with Crippen molar-refractivity contribution >= 4 is 108 Å². The molecule has 0 aliphatic carbocycles. The highest BCUT2D eigenvalue weighted by atomic mass is 32.1. The second-order valence-electron chi connectivity index (χ2n) is 16.3. The molecule has 5 nitrogen and oxygen atoms in total. The van der Waals surface area contributed by atoms with Gasteiger partial charge in [-0.2, -0.15) is 9.97 Å². The van der Waals surface area contributed by atoms with Crippen molar-refractivity contribution < 1.29 is 4.42 Å². The van der Waals surface area contributed by atoms with E-state index in [1.54, 1.807) is 0 Å². The first-order valence-electron chi connectivity index (χ1n) is 21.2. The van der Waals surface area contributed by atoms with Crippen LogP contribution in [0.3, 0.4) is 0 Å². The third kappa shape index (κ3) is 5.13. The second kappa shape index (κ2) is 13.2. The van der Waals surface area contributed by atoms with E-state index in [-0.39, 0.29) is 0 Å². The minimum atomic E-state index is 0.545. The smallest absolute Gasteiger partial charge is 0.238 e. The summed E-state index contributed by atoms with van der Waals surface area (Å²) in [6.07, 6.45) is 0. The van der Waals surface area contributed by atoms with Crippen LogP contribution >= 0.6 is 11.3 Å². The molecule has 63 heavy (non-hydrogen) atoms. The van der Waals surface area contributed by atoms with Crippen molar-refractivity contribution in [3.8, 4) is 39.9 Å². The van der Waals surface area contributed by atoms with Gasteiger partial charge < -0.3 is 4.42 Å². The van der Waals surface area contributed by atoms with Crippen LogP contribution in [0.2, 0.25) is 0 Å². The molecular weight excluding hydrogens is 789 g/mol. The first-order chi connectivity index (χ1) is 31.2. The fraction of sp³-hybridized carbons (Fsp3) is 0. The topological polar surface area (TPSA) is 56.7 Å². The summed E-state index contributed by atoms with van der Waals surface area (Å²) >= 11 is 1.84. The molecule has 14 aromatic rings. The number of nitrogens with zero attached hydrogens (tertiary/aromatic N) is 4. The zero-order valence-corrected chi connectivity index (χ0v) is 34.4. The molecule has 0 bridgehead atoms. The highest BCUT2D eigenvalue weighted by Gasteiger charge is 2.25. The number of fused-ring (bicyclic) bond motifs is 15. The van der Waals surface area contributed by atoms with Crippen molar-refractivity contribution in [2.24, 2.45) is 0 Å². The molecule has 0 aliphatic heterocycles. The number of para-hydroxylation sites is 2. The summed E-state index contributed by atoms with van der Waals surface area (Å²) in [5.74, 6) is 1.70. The largest absolute Gasteiger partial charge is 0.456 e. The van der Waals surface area contributed by atoms with Crippen LogP contribution < -0.4 is 0 Å². The second-order valence-corrected chi connectivity index (χ2v) is 17.4. The molecule has 14 rings (SSSR count). The lowest BCUT2D eigenvalue weighted by molar-refractivity contribution is 0.669. The summed E-state index contributed by atoms with van der Waals surface area (Å²) in [6, 6.07) is 69.2. The molecule has 4 heterocycles. The summed E-state index contributed by atoms with van der Waals surface area (Å²) in [5, 5.41) is 14.0. The van der Waals surface area contributed by atoms with E-state index >= 15 is 0 Å². The van der Waals surface area contributed by atoms with E-state index in [0.717, 1.165) is 76.8 Å². The van der Waals surface area contributed by atoms with Gasteiger partial charge in [0.25, 0.3) is 0 Å². The fourth-order valence-corrected chi connectivity index (χ4v) is 11.1. The Labute approximate surface area is 363 Å². The van der Waals surface area contributed by atoms with Gasteiger partial charge in [0.05, 0.1) is 11.0 Å². The average molecular weight is 821 g/mol. The number of thiophene rings is 1. The van der Waals surface area contributed by atoms with Gasteiger partial charge in [0.2, 0.25) is 5.95 Å². The monoisotopic (exact) mass is 820 g/mol. The molecule has 10 aromatic carbocycles. The van der Waals surface area contributed by atoms with Gasteiger partial charge in [-0.1, -0.05) is 158 Å². The minimum absolute atomic E-state index is 0.545. The molecule has 0 amide bonds. The molecular formula is C57H32N4OS. The number of hydrogen-bond acceptors (Lipinski definition) is 5. The maximum Gasteiger partial charge on any atom is 0.238 e. The first-order valence-corrected chi connectivity index (χ1v) is 22.0. The molecule has 0 N–H and O–H groups in total. The van der Waals surface area contributed by atoms with Gasteiger partial charge >= 0.3 is 0 Å². The van der Waals surface area contributed by atoms with E-state index in [1.165, 1.54) is 41.7 Å². The normalized spacial score (nSPS) is 12.1. The molecule has 0 saturated heterocycles. The highest BCUT2D eigenvalue weighted by Crippen LogP contribution is 2.46. The van der Waals surface area contributed by atoms with Crippen LogP contribution in [-0.4, -0.2) is 19.5 Å². The molecule has 6 heteroatoms. The first kappa shape index (κ1) is 34.5. The van der Waals surface area contributed by atoms with Crippen LogP contribution in [0.5, 0.6) is 0 Å². The number of rotatable bonds is 4. The average Bonchev–Trinajstić information content (AvgIpc) is 4.03. The van der Waals surface area contributed by atoms with Gasteiger partial charge in [-0.25, -0.2) is 4.98 Å². The zero-order valence-electron chi connectivity index (χ0n) is 33.6. The third-order valence-electron chi connectivity index (χ3n) is 12.8. The van der Waals surface area contributed by atoms with Gasteiger partial charge in [-0.15, -0.1) is 11.3 Å². The van der Waals surface area contributed by atoms with Gasteiger partial charge in [0.1, 0.15) is 11.2 Å². The Hall–Kier alpha value is -8.19. The van der Waals surface area contributed by atoms with Crippen LogP contribution in [0.1, 0.15) is 0 Å². The van der Waals surface area contributed by atoms with Crippen LogP contribution in [-0.2, 0) is 0 Å². The molecule has 0 atom stereocenters. The maximum absolute atomic E-state index is 6.42. The Kier molecular flexibility index (Phi) is 7.21. The SMILES string of the molecule is c1ccc2cc(-c3nc(-c4ccc5c(c4)oc4ccccc45)nc(-n4c5c(-c6ccc7c(c6)sc6ccccc67)cccc5c5c6ccccc6c6ccccc6c54)n3)ccc2c1. The lowest BCUT2D eigenvalue weighted by Gasteiger charge is -2.14. The van der Waals surface area contributed by atoms with E-state index in [1.807, 2.05) is 29.5 Å². The molecule has 0 radical (unpaired) electrons. The van der Waals surface area contributed by atoms with E-state index in [0.29, 0.717) is 17.6 Å². The van der Waals surface area contributed by atoms with Crippen LogP contribution in [0.4, 0.5) is 0 Å². The summed E-state index contributed by atoms with van der Waals surface area (Å²) in [6.45, 7) is 0. The third-order valence-corrected chi connectivity index (χ3v) is 13.9. The van der Waals surface area contributed by atoms with Crippen LogP contribution in [0.25, 0.3) is 136 Å². The zero-order chi connectivity index (χ0) is 41.2. The Morgan fingerprint density at radius 1 is 0.365 bits per heavy atom. The highest BCUT2D eigenvalue weighted by molar-refractivity contribution is 7.25. The van der Waals surface area contributed by atoms with Crippen molar-refractivity contribution in [2.45, 2.75) is 0 Å². The maximum atomic E-state index is 6.42. The summed E-state index contributed by atoms with van der Waals surface area (Å²) in [7, 11) is 0. The van der Waals surface area contributed by atoms with Gasteiger partial charge in [0, 0.05) is 63.8 Å². The van der Waals surface area contributed by atoms with Crippen molar-refractivity contribution in [1.82, 2.24) is 19.5 Å². The van der Waals surface area contributed by atoms with E-state index in [9.17, 15) is 0 Å². The lowest BCUT2D eigenvalue weighted by atomic mass is 9.96. The molecule has 4 aromatic heterocycles. The Balaban J connectivity index is 1.12. The standard InChI is InChI=1S/C57H32N4OS/c1-2-13-34-30-36(25-24-33(34)12-1)55-58-56(37-27-28-42-41-16-7-9-22-48(41)62-49(42)31-37)60-57(59-55)61-53-38(35-26-29-44-43-17-8-10-23-50(43)63-51(44)32-35)20-11-21-47(53)52-45-18-5-3-14-39(45)40-15-4-6-19-46(40)54(52)61/h1-32H. The molecule has 0 saturated carbocycles. The van der Waals surface area contributed by atoms with E-state index in [2.05, 4.69) is 180 Å². The quantitative estimate of drug-likeness (QED) is 0.166.